The summed E-state index contributed by atoms with van der Waals surface area (Å²) in [6.45, 7) is 0. The molecule has 5 nitrogen and oxygen atoms in total. The Morgan fingerprint density at radius 1 is 1.35 bits per heavy atom. The van der Waals surface area contributed by atoms with Crippen LogP contribution in [0.1, 0.15) is 10.4 Å². The first kappa shape index (κ1) is 13.7. The molecule has 0 aliphatic rings. The number of halogens is 1. The van der Waals surface area contributed by atoms with Gasteiger partial charge in [0.25, 0.3) is 5.91 Å². The number of para-hydroxylation sites is 1. The first-order chi connectivity index (χ1) is 9.52. The third-order valence-corrected chi connectivity index (χ3v) is 2.73. The first-order valence-corrected chi connectivity index (χ1v) is 5.75. The molecule has 0 spiro atoms. The number of ether oxygens (including phenoxy) is 1. The van der Waals surface area contributed by atoms with Crippen molar-refractivity contribution in [3.63, 3.8) is 0 Å². The van der Waals surface area contributed by atoms with Gasteiger partial charge in [-0.1, -0.05) is 6.07 Å². The molecule has 2 aromatic rings. The van der Waals surface area contributed by atoms with Gasteiger partial charge in [-0.15, -0.1) is 0 Å². The number of nitrogens with two attached hydrogens (primary N) is 1. The fourth-order valence-corrected chi connectivity index (χ4v) is 1.68. The molecule has 0 fully saturated rings. The Morgan fingerprint density at radius 2 is 2.10 bits per heavy atom. The van der Waals surface area contributed by atoms with E-state index in [1.165, 1.54) is 43.5 Å². The Bertz CT molecular complexity index is 639. The molecule has 2 aromatic carbocycles. The Balaban J connectivity index is 2.29. The maximum absolute atomic E-state index is 13.6. The van der Waals surface area contributed by atoms with Crippen LogP contribution in [0, 0.1) is 5.82 Å². The van der Waals surface area contributed by atoms with Crippen molar-refractivity contribution in [3.05, 3.63) is 47.8 Å². The van der Waals surface area contributed by atoms with Crippen molar-refractivity contribution in [1.29, 1.82) is 0 Å². The zero-order valence-electron chi connectivity index (χ0n) is 10.7. The minimum Gasteiger partial charge on any atom is -0.507 e. The van der Waals surface area contributed by atoms with E-state index in [0.717, 1.165) is 0 Å². The summed E-state index contributed by atoms with van der Waals surface area (Å²) in [6.07, 6.45) is 0. The van der Waals surface area contributed by atoms with E-state index in [4.69, 9.17) is 10.5 Å². The highest BCUT2D eigenvalue weighted by atomic mass is 19.1. The van der Waals surface area contributed by atoms with Crippen molar-refractivity contribution >= 4 is 17.3 Å². The lowest BCUT2D eigenvalue weighted by molar-refractivity contribution is 0.102. The largest absolute Gasteiger partial charge is 0.507 e. The van der Waals surface area contributed by atoms with E-state index in [2.05, 4.69) is 5.32 Å². The predicted molar refractivity (Wildman–Crippen MR) is 73.4 cm³/mol. The van der Waals surface area contributed by atoms with Crippen molar-refractivity contribution in [2.24, 2.45) is 0 Å². The highest BCUT2D eigenvalue weighted by Crippen LogP contribution is 2.26. The number of phenols is 1. The van der Waals surface area contributed by atoms with Crippen molar-refractivity contribution in [1.82, 2.24) is 0 Å². The molecule has 0 atom stereocenters. The van der Waals surface area contributed by atoms with Crippen LogP contribution in [0.2, 0.25) is 0 Å². The minimum absolute atomic E-state index is 0.00606. The standard InChI is InChI=1S/C14H13FN2O3/c1-20-8-5-6-9(12(18)7-8)14(19)17-13-10(15)3-2-4-11(13)16/h2-7,18H,16H2,1H3,(H,17,19). The number of amides is 1. The molecule has 0 bridgehead atoms. The summed E-state index contributed by atoms with van der Waals surface area (Å²) in [7, 11) is 1.44. The molecule has 0 aromatic heterocycles. The van der Waals surface area contributed by atoms with E-state index in [9.17, 15) is 14.3 Å². The summed E-state index contributed by atoms with van der Waals surface area (Å²) < 4.78 is 18.5. The van der Waals surface area contributed by atoms with Crippen LogP contribution in [-0.4, -0.2) is 18.1 Å². The Kier molecular flexibility index (Phi) is 3.74. The number of hydrogen-bond acceptors (Lipinski definition) is 4. The number of nitrogens with one attached hydrogen (secondary N) is 1. The van der Waals surface area contributed by atoms with Crippen LogP contribution in [0.4, 0.5) is 15.8 Å². The van der Waals surface area contributed by atoms with Gasteiger partial charge < -0.3 is 20.9 Å². The van der Waals surface area contributed by atoms with Crippen LogP contribution >= 0.6 is 0 Å². The number of rotatable bonds is 3. The highest BCUT2D eigenvalue weighted by Gasteiger charge is 2.15. The summed E-state index contributed by atoms with van der Waals surface area (Å²) in [6, 6.07) is 8.26. The van der Waals surface area contributed by atoms with Crippen LogP contribution in [0.15, 0.2) is 36.4 Å². The van der Waals surface area contributed by atoms with Gasteiger partial charge in [0.05, 0.1) is 18.4 Å². The molecule has 0 unspecified atom stereocenters. The van der Waals surface area contributed by atoms with Gasteiger partial charge in [-0.25, -0.2) is 4.39 Å². The fraction of sp³-hybridized carbons (Fsp3) is 0.0714. The molecule has 0 heterocycles. The zero-order valence-corrected chi connectivity index (χ0v) is 10.7. The lowest BCUT2D eigenvalue weighted by Gasteiger charge is -2.10. The van der Waals surface area contributed by atoms with Gasteiger partial charge in [0, 0.05) is 6.07 Å². The second-order valence-corrected chi connectivity index (χ2v) is 4.04. The number of nitrogen functional groups attached to an aromatic ring is 1. The van der Waals surface area contributed by atoms with Crippen LogP contribution in [-0.2, 0) is 0 Å². The van der Waals surface area contributed by atoms with Gasteiger partial charge in [-0.3, -0.25) is 4.79 Å². The maximum atomic E-state index is 13.6. The number of benzene rings is 2. The molecule has 104 valence electrons. The number of methoxy groups -OCH3 is 1. The lowest BCUT2D eigenvalue weighted by Crippen LogP contribution is -2.14. The molecule has 0 aliphatic heterocycles. The highest BCUT2D eigenvalue weighted by molar-refractivity contribution is 6.07. The van der Waals surface area contributed by atoms with Gasteiger partial charge in [0.2, 0.25) is 0 Å². The zero-order chi connectivity index (χ0) is 14.7. The fourth-order valence-electron chi connectivity index (χ4n) is 1.68. The second-order valence-electron chi connectivity index (χ2n) is 4.04. The van der Waals surface area contributed by atoms with E-state index < -0.39 is 11.7 Å². The Labute approximate surface area is 114 Å². The van der Waals surface area contributed by atoms with Gasteiger partial charge in [0.15, 0.2) is 0 Å². The average molecular weight is 276 g/mol. The number of hydrogen-bond donors (Lipinski definition) is 3. The molecule has 0 saturated carbocycles. The molecule has 4 N–H and O–H groups in total. The molecular weight excluding hydrogens is 263 g/mol. The quantitative estimate of drug-likeness (QED) is 0.751. The summed E-state index contributed by atoms with van der Waals surface area (Å²) in [5.74, 6) is -1.17. The average Bonchev–Trinajstić information content (AvgIpc) is 2.42. The number of carbonyl (C=O) groups is 1. The lowest BCUT2D eigenvalue weighted by atomic mass is 10.1. The number of anilines is 2. The number of aromatic hydroxyl groups is 1. The summed E-state index contributed by atoms with van der Waals surface area (Å²) >= 11 is 0. The third kappa shape index (κ3) is 2.64. The van der Waals surface area contributed by atoms with E-state index in [-0.39, 0.29) is 22.7 Å². The van der Waals surface area contributed by atoms with Crippen molar-refractivity contribution in [2.75, 3.05) is 18.2 Å². The number of carbonyl (C=O) groups excluding carboxylic acids is 1. The predicted octanol–water partition coefficient (Wildman–Crippen LogP) is 2.37. The Morgan fingerprint density at radius 3 is 2.70 bits per heavy atom. The van der Waals surface area contributed by atoms with Crippen molar-refractivity contribution < 1.29 is 19.0 Å². The monoisotopic (exact) mass is 276 g/mol. The third-order valence-electron chi connectivity index (χ3n) is 2.73. The summed E-state index contributed by atoms with van der Waals surface area (Å²) in [4.78, 5) is 12.0. The van der Waals surface area contributed by atoms with Crippen LogP contribution in [0.25, 0.3) is 0 Å². The molecule has 0 aliphatic carbocycles. The van der Waals surface area contributed by atoms with Gasteiger partial charge in [-0.2, -0.15) is 0 Å². The van der Waals surface area contributed by atoms with E-state index in [0.29, 0.717) is 5.75 Å². The van der Waals surface area contributed by atoms with Gasteiger partial charge >= 0.3 is 0 Å². The van der Waals surface area contributed by atoms with Crippen LogP contribution < -0.4 is 15.8 Å². The van der Waals surface area contributed by atoms with E-state index in [1.807, 2.05) is 0 Å². The number of phenolic OH excluding ortho intramolecular Hbond substituents is 1. The summed E-state index contributed by atoms with van der Waals surface area (Å²) in [5, 5.41) is 12.1. The molecule has 2 rings (SSSR count). The van der Waals surface area contributed by atoms with Crippen molar-refractivity contribution in [3.8, 4) is 11.5 Å². The maximum Gasteiger partial charge on any atom is 0.259 e. The van der Waals surface area contributed by atoms with E-state index in [1.54, 1.807) is 0 Å². The SMILES string of the molecule is COc1ccc(C(=O)Nc2c(N)cccc2F)c(O)c1. The second kappa shape index (κ2) is 5.48. The smallest absolute Gasteiger partial charge is 0.259 e. The van der Waals surface area contributed by atoms with E-state index >= 15 is 0 Å². The molecule has 6 heteroatoms. The molecule has 0 saturated heterocycles. The van der Waals surface area contributed by atoms with Gasteiger partial charge in [0.1, 0.15) is 23.0 Å². The normalized spacial score (nSPS) is 10.1. The van der Waals surface area contributed by atoms with Crippen LogP contribution in [0.5, 0.6) is 11.5 Å². The first-order valence-electron chi connectivity index (χ1n) is 5.75. The van der Waals surface area contributed by atoms with Crippen molar-refractivity contribution in [2.45, 2.75) is 0 Å². The topological polar surface area (TPSA) is 84.6 Å². The summed E-state index contributed by atoms with van der Waals surface area (Å²) in [5.41, 5.74) is 5.57. The molecule has 20 heavy (non-hydrogen) atoms. The van der Waals surface area contributed by atoms with Gasteiger partial charge in [-0.05, 0) is 24.3 Å². The Hall–Kier alpha value is -2.76. The molecule has 1 amide bonds. The molecular formula is C14H13FN2O3. The molecule has 0 radical (unpaired) electrons. The minimum atomic E-state index is -0.665. The van der Waals surface area contributed by atoms with Crippen LogP contribution in [0.3, 0.4) is 0 Å².